The smallest absolute Gasteiger partial charge is 0.234 e. The van der Waals surface area contributed by atoms with Crippen molar-refractivity contribution in [2.24, 2.45) is 0 Å². The van der Waals surface area contributed by atoms with Gasteiger partial charge < -0.3 is 9.88 Å². The van der Waals surface area contributed by atoms with Gasteiger partial charge in [0.15, 0.2) is 5.16 Å². The highest BCUT2D eigenvalue weighted by Gasteiger charge is 2.18. The van der Waals surface area contributed by atoms with Crippen molar-refractivity contribution in [1.82, 2.24) is 14.8 Å². The van der Waals surface area contributed by atoms with Crippen molar-refractivity contribution in [2.45, 2.75) is 44.8 Å². The highest BCUT2D eigenvalue weighted by Crippen LogP contribution is 2.25. The monoisotopic (exact) mass is 336 g/mol. The number of benzene rings is 1. The lowest BCUT2D eigenvalue weighted by molar-refractivity contribution is -0.113. The molecule has 1 amide bonds. The molecule has 0 unspecified atom stereocenters. The average Bonchev–Trinajstić information content (AvgIpc) is 2.92. The van der Waals surface area contributed by atoms with Gasteiger partial charge in [-0.3, -0.25) is 4.79 Å². The van der Waals surface area contributed by atoms with E-state index in [1.54, 1.807) is 0 Å². The molecule has 124 valence electrons. The fourth-order valence-electron chi connectivity index (χ4n) is 2.13. The summed E-state index contributed by atoms with van der Waals surface area (Å²) in [5, 5.41) is 11.9. The van der Waals surface area contributed by atoms with E-state index in [-0.39, 0.29) is 29.4 Å². The lowest BCUT2D eigenvalue weighted by Gasteiger charge is -2.15. The van der Waals surface area contributed by atoms with Gasteiger partial charge in [0.25, 0.3) is 0 Å². The molecule has 2 rings (SSSR count). The highest BCUT2D eigenvalue weighted by atomic mass is 32.2. The fourth-order valence-corrected chi connectivity index (χ4v) is 3.00. The van der Waals surface area contributed by atoms with Crippen LogP contribution in [-0.2, 0) is 4.79 Å². The van der Waals surface area contributed by atoms with Crippen LogP contribution in [0.15, 0.2) is 29.4 Å². The maximum atomic E-state index is 12.8. The molecule has 1 N–H and O–H groups in total. The number of anilines is 1. The third-order valence-corrected chi connectivity index (χ3v) is 4.13. The van der Waals surface area contributed by atoms with Crippen LogP contribution >= 0.6 is 11.8 Å². The van der Waals surface area contributed by atoms with Crippen LogP contribution in [0.2, 0.25) is 0 Å². The number of halogens is 1. The number of carbonyl (C=O) groups is 1. The minimum absolute atomic E-state index is 0.161. The number of carbonyl (C=O) groups excluding carboxylic acids is 1. The van der Waals surface area contributed by atoms with Crippen molar-refractivity contribution >= 4 is 23.4 Å². The first-order valence-electron chi connectivity index (χ1n) is 7.51. The molecule has 0 saturated heterocycles. The zero-order valence-corrected chi connectivity index (χ0v) is 14.5. The van der Waals surface area contributed by atoms with Gasteiger partial charge in [-0.05, 0) is 38.1 Å². The van der Waals surface area contributed by atoms with Crippen LogP contribution in [0.1, 0.15) is 45.5 Å². The summed E-state index contributed by atoms with van der Waals surface area (Å²) in [7, 11) is 0. The zero-order valence-electron chi connectivity index (χ0n) is 13.7. The van der Waals surface area contributed by atoms with Gasteiger partial charge in [0.05, 0.1) is 5.75 Å². The molecule has 0 aliphatic carbocycles. The number of rotatable bonds is 6. The van der Waals surface area contributed by atoms with Crippen LogP contribution in [0.25, 0.3) is 0 Å². The van der Waals surface area contributed by atoms with Gasteiger partial charge in [-0.25, -0.2) is 4.39 Å². The van der Waals surface area contributed by atoms with E-state index in [0.29, 0.717) is 5.69 Å². The molecule has 1 aromatic heterocycles. The SMILES string of the molecule is CC(C)c1nnc(SCC(=O)Nc2ccc(F)cc2)n1C(C)C. The number of nitrogens with one attached hydrogen (secondary N) is 1. The summed E-state index contributed by atoms with van der Waals surface area (Å²) in [4.78, 5) is 12.0. The molecule has 0 saturated carbocycles. The first-order chi connectivity index (χ1) is 10.9. The Morgan fingerprint density at radius 2 is 1.87 bits per heavy atom. The van der Waals surface area contributed by atoms with Gasteiger partial charge in [0.1, 0.15) is 11.6 Å². The van der Waals surface area contributed by atoms with Gasteiger partial charge in [-0.2, -0.15) is 0 Å². The molecule has 0 radical (unpaired) electrons. The van der Waals surface area contributed by atoms with Crippen molar-refractivity contribution in [2.75, 3.05) is 11.1 Å². The van der Waals surface area contributed by atoms with Gasteiger partial charge in [0, 0.05) is 17.6 Å². The molecule has 0 bridgehead atoms. The Kier molecular flexibility index (Phi) is 5.76. The maximum absolute atomic E-state index is 12.8. The van der Waals surface area contributed by atoms with Gasteiger partial charge in [0.2, 0.25) is 5.91 Å². The van der Waals surface area contributed by atoms with E-state index in [9.17, 15) is 9.18 Å². The second-order valence-corrected chi connectivity index (χ2v) is 6.75. The Labute approximate surface area is 139 Å². The van der Waals surface area contributed by atoms with E-state index in [1.165, 1.54) is 36.0 Å². The fraction of sp³-hybridized carbons (Fsp3) is 0.438. The Morgan fingerprint density at radius 3 is 2.43 bits per heavy atom. The third-order valence-electron chi connectivity index (χ3n) is 3.18. The minimum atomic E-state index is -0.330. The molecular formula is C16H21FN4OS. The van der Waals surface area contributed by atoms with E-state index in [0.717, 1.165) is 11.0 Å². The molecule has 5 nitrogen and oxygen atoms in total. The number of hydrogen-bond donors (Lipinski definition) is 1. The van der Waals surface area contributed by atoms with Crippen molar-refractivity contribution in [3.63, 3.8) is 0 Å². The zero-order chi connectivity index (χ0) is 17.0. The van der Waals surface area contributed by atoms with E-state index >= 15 is 0 Å². The average molecular weight is 336 g/mol. The second kappa shape index (κ2) is 7.59. The normalized spacial score (nSPS) is 11.3. The molecule has 0 atom stereocenters. The molecule has 0 aliphatic rings. The van der Waals surface area contributed by atoms with Crippen molar-refractivity contribution in [3.05, 3.63) is 35.9 Å². The lowest BCUT2D eigenvalue weighted by atomic mass is 10.2. The first-order valence-corrected chi connectivity index (χ1v) is 8.50. The van der Waals surface area contributed by atoms with Crippen LogP contribution in [0.3, 0.4) is 0 Å². The maximum Gasteiger partial charge on any atom is 0.234 e. The number of thioether (sulfide) groups is 1. The molecule has 1 aromatic carbocycles. The number of amides is 1. The third kappa shape index (κ3) is 4.54. The Bertz CT molecular complexity index is 667. The minimum Gasteiger partial charge on any atom is -0.325 e. The molecule has 1 heterocycles. The molecule has 7 heteroatoms. The van der Waals surface area contributed by atoms with Crippen molar-refractivity contribution in [3.8, 4) is 0 Å². The predicted molar refractivity (Wildman–Crippen MR) is 90.2 cm³/mol. The number of hydrogen-bond acceptors (Lipinski definition) is 4. The molecule has 0 spiro atoms. The molecular weight excluding hydrogens is 315 g/mol. The van der Waals surface area contributed by atoms with Gasteiger partial charge >= 0.3 is 0 Å². The summed E-state index contributed by atoms with van der Waals surface area (Å²) in [6.45, 7) is 8.27. The molecule has 2 aromatic rings. The number of nitrogens with zero attached hydrogens (tertiary/aromatic N) is 3. The van der Waals surface area contributed by atoms with Gasteiger partial charge in [-0.1, -0.05) is 25.6 Å². The van der Waals surface area contributed by atoms with Crippen LogP contribution in [0, 0.1) is 5.82 Å². The summed E-state index contributed by atoms with van der Waals surface area (Å²) < 4.78 is 14.9. The lowest BCUT2D eigenvalue weighted by Crippen LogP contribution is -2.15. The van der Waals surface area contributed by atoms with E-state index in [4.69, 9.17) is 0 Å². The van der Waals surface area contributed by atoms with Crippen LogP contribution in [-0.4, -0.2) is 26.4 Å². The van der Waals surface area contributed by atoms with Crippen molar-refractivity contribution in [1.29, 1.82) is 0 Å². The van der Waals surface area contributed by atoms with Crippen molar-refractivity contribution < 1.29 is 9.18 Å². The summed E-state index contributed by atoms with van der Waals surface area (Å²) in [5.74, 6) is 0.920. The van der Waals surface area contributed by atoms with E-state index in [1.807, 2.05) is 0 Å². The molecule has 0 fully saturated rings. The highest BCUT2D eigenvalue weighted by molar-refractivity contribution is 7.99. The Balaban J connectivity index is 2.00. The first kappa shape index (κ1) is 17.5. The van der Waals surface area contributed by atoms with Crippen LogP contribution in [0.4, 0.5) is 10.1 Å². The summed E-state index contributed by atoms with van der Waals surface area (Å²) in [6, 6.07) is 5.92. The second-order valence-electron chi connectivity index (χ2n) is 5.80. The predicted octanol–water partition coefficient (Wildman–Crippen LogP) is 3.85. The Morgan fingerprint density at radius 1 is 1.22 bits per heavy atom. The number of aromatic nitrogens is 3. The summed E-state index contributed by atoms with van der Waals surface area (Å²) in [5.41, 5.74) is 0.574. The molecule has 23 heavy (non-hydrogen) atoms. The summed E-state index contributed by atoms with van der Waals surface area (Å²) >= 11 is 1.35. The van der Waals surface area contributed by atoms with E-state index < -0.39 is 0 Å². The quantitative estimate of drug-likeness (QED) is 0.814. The van der Waals surface area contributed by atoms with Crippen LogP contribution in [0.5, 0.6) is 0 Å². The van der Waals surface area contributed by atoms with Crippen LogP contribution < -0.4 is 5.32 Å². The molecule has 0 aliphatic heterocycles. The van der Waals surface area contributed by atoms with E-state index in [2.05, 4.69) is 47.8 Å². The summed E-state index contributed by atoms with van der Waals surface area (Å²) in [6.07, 6.45) is 0. The van der Waals surface area contributed by atoms with Gasteiger partial charge in [-0.15, -0.1) is 10.2 Å². The topological polar surface area (TPSA) is 59.8 Å². The Hall–Kier alpha value is -1.89. The largest absolute Gasteiger partial charge is 0.325 e. The standard InChI is InChI=1S/C16H21FN4OS/c1-10(2)15-19-20-16(21(15)11(3)4)23-9-14(22)18-13-7-5-12(17)6-8-13/h5-8,10-11H,9H2,1-4H3,(H,18,22).